The molecule has 0 amide bonds. The molecule has 32 heavy (non-hydrogen) atoms. The van der Waals surface area contributed by atoms with E-state index in [1.165, 1.54) is 12.1 Å². The molecule has 0 saturated carbocycles. The van der Waals surface area contributed by atoms with Gasteiger partial charge in [0, 0.05) is 6.21 Å². The number of aliphatic imine (C=N–C) groups is 1. The SMILES string of the molecule is CCOc1ccc(N=Cc2cc(Cl)c(OS(=O)(=O)c3ccc(C)cc3)c(OCC)c2)cc1. The molecule has 0 bridgehead atoms. The van der Waals surface area contributed by atoms with Gasteiger partial charge < -0.3 is 13.7 Å². The molecule has 0 heterocycles. The summed E-state index contributed by atoms with van der Waals surface area (Å²) in [7, 11) is -4.08. The van der Waals surface area contributed by atoms with Crippen molar-refractivity contribution in [3.63, 3.8) is 0 Å². The number of nitrogens with zero attached hydrogens (tertiary/aromatic N) is 1. The Balaban J connectivity index is 1.88. The van der Waals surface area contributed by atoms with E-state index in [9.17, 15) is 8.42 Å². The Labute approximate surface area is 193 Å². The monoisotopic (exact) mass is 473 g/mol. The normalized spacial score (nSPS) is 11.5. The highest BCUT2D eigenvalue weighted by Crippen LogP contribution is 2.38. The van der Waals surface area contributed by atoms with Crippen LogP contribution in [0.25, 0.3) is 0 Å². The minimum Gasteiger partial charge on any atom is -0.494 e. The summed E-state index contributed by atoms with van der Waals surface area (Å²) >= 11 is 6.38. The van der Waals surface area contributed by atoms with Crippen molar-refractivity contribution in [2.45, 2.75) is 25.7 Å². The lowest BCUT2D eigenvalue weighted by Crippen LogP contribution is -2.11. The van der Waals surface area contributed by atoms with Crippen LogP contribution in [0.5, 0.6) is 17.2 Å². The average molecular weight is 474 g/mol. The van der Waals surface area contributed by atoms with E-state index < -0.39 is 10.1 Å². The van der Waals surface area contributed by atoms with Crippen LogP contribution in [0.15, 0.2) is 70.6 Å². The fourth-order valence-corrected chi connectivity index (χ4v) is 4.07. The number of hydrogen-bond donors (Lipinski definition) is 0. The molecule has 0 aromatic heterocycles. The zero-order valence-corrected chi connectivity index (χ0v) is 19.6. The number of hydrogen-bond acceptors (Lipinski definition) is 6. The van der Waals surface area contributed by atoms with Crippen LogP contribution in [0.3, 0.4) is 0 Å². The van der Waals surface area contributed by atoms with E-state index in [1.54, 1.807) is 37.4 Å². The molecule has 3 aromatic rings. The quantitative estimate of drug-likeness (QED) is 0.283. The Kier molecular flexibility index (Phi) is 7.77. The predicted molar refractivity (Wildman–Crippen MR) is 126 cm³/mol. The van der Waals surface area contributed by atoms with Gasteiger partial charge >= 0.3 is 10.1 Å². The van der Waals surface area contributed by atoms with Crippen LogP contribution in [-0.2, 0) is 10.1 Å². The van der Waals surface area contributed by atoms with Gasteiger partial charge in [0.15, 0.2) is 5.75 Å². The number of aryl methyl sites for hydroxylation is 1. The molecular weight excluding hydrogens is 450 g/mol. The van der Waals surface area contributed by atoms with Crippen molar-refractivity contribution in [3.05, 3.63) is 76.8 Å². The van der Waals surface area contributed by atoms with E-state index in [1.807, 2.05) is 38.1 Å². The maximum Gasteiger partial charge on any atom is 0.339 e. The van der Waals surface area contributed by atoms with Crippen molar-refractivity contribution in [2.75, 3.05) is 13.2 Å². The molecule has 0 spiro atoms. The lowest BCUT2D eigenvalue weighted by atomic mass is 10.2. The van der Waals surface area contributed by atoms with Crippen molar-refractivity contribution in [1.29, 1.82) is 0 Å². The average Bonchev–Trinajstić information content (AvgIpc) is 2.76. The summed E-state index contributed by atoms with van der Waals surface area (Å²) in [6.07, 6.45) is 1.61. The Bertz CT molecular complexity index is 1190. The van der Waals surface area contributed by atoms with Gasteiger partial charge in [0.1, 0.15) is 10.6 Å². The second-order valence-corrected chi connectivity index (χ2v) is 8.75. The summed E-state index contributed by atoms with van der Waals surface area (Å²) in [4.78, 5) is 4.46. The summed E-state index contributed by atoms with van der Waals surface area (Å²) in [6.45, 7) is 6.47. The van der Waals surface area contributed by atoms with Gasteiger partial charge in [-0.3, -0.25) is 4.99 Å². The zero-order valence-electron chi connectivity index (χ0n) is 18.0. The van der Waals surface area contributed by atoms with Gasteiger partial charge in [0.25, 0.3) is 0 Å². The van der Waals surface area contributed by atoms with E-state index in [2.05, 4.69) is 4.99 Å². The van der Waals surface area contributed by atoms with E-state index in [4.69, 9.17) is 25.3 Å². The molecule has 3 aromatic carbocycles. The fourth-order valence-electron chi connectivity index (χ4n) is 2.81. The largest absolute Gasteiger partial charge is 0.494 e. The predicted octanol–water partition coefficient (Wildman–Crippen LogP) is 5.96. The fraction of sp³-hybridized carbons (Fsp3) is 0.208. The Morgan fingerprint density at radius 1 is 0.938 bits per heavy atom. The molecule has 3 rings (SSSR count). The molecule has 0 aliphatic heterocycles. The van der Waals surface area contributed by atoms with Gasteiger partial charge in [0.05, 0.1) is 23.9 Å². The van der Waals surface area contributed by atoms with E-state index in [0.717, 1.165) is 17.0 Å². The Morgan fingerprint density at radius 3 is 2.22 bits per heavy atom. The third-order valence-corrected chi connectivity index (χ3v) is 5.86. The summed E-state index contributed by atoms with van der Waals surface area (Å²) in [5.74, 6) is 0.917. The van der Waals surface area contributed by atoms with Gasteiger partial charge in [-0.05, 0) is 74.9 Å². The van der Waals surface area contributed by atoms with Crippen LogP contribution in [0, 0.1) is 6.92 Å². The van der Waals surface area contributed by atoms with E-state index in [0.29, 0.717) is 18.8 Å². The first-order valence-electron chi connectivity index (χ1n) is 10.1. The van der Waals surface area contributed by atoms with Crippen LogP contribution in [0.1, 0.15) is 25.0 Å². The highest BCUT2D eigenvalue weighted by Gasteiger charge is 2.22. The zero-order chi connectivity index (χ0) is 23.1. The maximum absolute atomic E-state index is 12.7. The second kappa shape index (κ2) is 10.5. The molecule has 0 N–H and O–H groups in total. The van der Waals surface area contributed by atoms with Gasteiger partial charge in [-0.2, -0.15) is 8.42 Å². The molecule has 0 saturated heterocycles. The number of rotatable bonds is 9. The van der Waals surface area contributed by atoms with Crippen molar-refractivity contribution in [1.82, 2.24) is 0 Å². The molecule has 8 heteroatoms. The molecule has 0 radical (unpaired) electrons. The van der Waals surface area contributed by atoms with Crippen LogP contribution in [0.4, 0.5) is 5.69 Å². The van der Waals surface area contributed by atoms with Crippen LogP contribution in [-0.4, -0.2) is 27.8 Å². The Hall–Kier alpha value is -3.03. The molecular formula is C24H24ClNO5S. The molecule has 0 aliphatic rings. The summed E-state index contributed by atoms with van der Waals surface area (Å²) in [5, 5.41) is 0.0970. The minimum absolute atomic E-state index is 0.0303. The number of ether oxygens (including phenoxy) is 2. The van der Waals surface area contributed by atoms with Crippen molar-refractivity contribution < 1.29 is 22.1 Å². The number of halogens is 1. The first kappa shape index (κ1) is 23.6. The second-order valence-electron chi connectivity index (χ2n) is 6.80. The number of benzene rings is 3. The highest BCUT2D eigenvalue weighted by molar-refractivity contribution is 7.87. The van der Waals surface area contributed by atoms with Crippen LogP contribution in [0.2, 0.25) is 5.02 Å². The smallest absolute Gasteiger partial charge is 0.339 e. The third kappa shape index (κ3) is 6.02. The molecule has 0 atom stereocenters. The van der Waals surface area contributed by atoms with Crippen molar-refractivity contribution in [3.8, 4) is 17.2 Å². The molecule has 6 nitrogen and oxygen atoms in total. The topological polar surface area (TPSA) is 74.2 Å². The van der Waals surface area contributed by atoms with Crippen molar-refractivity contribution in [2.24, 2.45) is 4.99 Å². The van der Waals surface area contributed by atoms with Gasteiger partial charge in [0.2, 0.25) is 5.75 Å². The van der Waals surface area contributed by atoms with Gasteiger partial charge in [-0.15, -0.1) is 0 Å². The summed E-state index contributed by atoms with van der Waals surface area (Å²) in [5.41, 5.74) is 2.30. The molecule has 0 unspecified atom stereocenters. The van der Waals surface area contributed by atoms with Crippen molar-refractivity contribution >= 4 is 33.6 Å². The third-order valence-electron chi connectivity index (χ3n) is 4.34. The standard InChI is InChI=1S/C24H24ClNO5S/c1-4-29-20-10-8-19(9-11-20)26-16-18-14-22(25)24(23(15-18)30-5-2)31-32(27,28)21-12-6-17(3)7-13-21/h6-16H,4-5H2,1-3H3. The minimum atomic E-state index is -4.08. The maximum atomic E-state index is 12.7. The van der Waals surface area contributed by atoms with Gasteiger partial charge in [-0.1, -0.05) is 29.3 Å². The lowest BCUT2D eigenvalue weighted by Gasteiger charge is -2.14. The highest BCUT2D eigenvalue weighted by atomic mass is 35.5. The summed E-state index contributed by atoms with van der Waals surface area (Å²) < 4.78 is 41.8. The first-order chi connectivity index (χ1) is 15.3. The molecule has 168 valence electrons. The lowest BCUT2D eigenvalue weighted by molar-refractivity contribution is 0.327. The van der Waals surface area contributed by atoms with Gasteiger partial charge in [-0.25, -0.2) is 0 Å². The molecule has 0 aliphatic carbocycles. The van der Waals surface area contributed by atoms with Crippen LogP contribution >= 0.6 is 11.6 Å². The first-order valence-corrected chi connectivity index (χ1v) is 11.9. The van der Waals surface area contributed by atoms with E-state index in [-0.39, 0.29) is 21.4 Å². The Morgan fingerprint density at radius 2 is 1.59 bits per heavy atom. The van der Waals surface area contributed by atoms with Crippen LogP contribution < -0.4 is 13.7 Å². The van der Waals surface area contributed by atoms with E-state index >= 15 is 0 Å². The molecule has 0 fully saturated rings. The summed E-state index contributed by atoms with van der Waals surface area (Å²) in [6, 6.07) is 16.9.